The summed E-state index contributed by atoms with van der Waals surface area (Å²) in [6, 6.07) is 0. The third-order valence-corrected chi connectivity index (χ3v) is 2.23. The highest BCUT2D eigenvalue weighted by Crippen LogP contribution is 2.00. The van der Waals surface area contributed by atoms with Crippen molar-refractivity contribution in [1.82, 2.24) is 9.80 Å². The van der Waals surface area contributed by atoms with Crippen LogP contribution in [0.5, 0.6) is 0 Å². The summed E-state index contributed by atoms with van der Waals surface area (Å²) in [5.41, 5.74) is 0. The van der Waals surface area contributed by atoms with Gasteiger partial charge in [-0.05, 0) is 7.05 Å². The Hall–Kier alpha value is 0.360. The van der Waals surface area contributed by atoms with Gasteiger partial charge in [-0.2, -0.15) is 0 Å². The molecule has 0 aliphatic carbocycles. The summed E-state index contributed by atoms with van der Waals surface area (Å²) in [4.78, 5) is 4.67. The molecule has 1 aliphatic rings. The zero-order valence-electron chi connectivity index (χ0n) is 6.79. The van der Waals surface area contributed by atoms with Crippen LogP contribution in [-0.4, -0.2) is 53.8 Å². The monoisotopic (exact) mass is 190 g/mol. The van der Waals surface area contributed by atoms with Crippen molar-refractivity contribution in [3.8, 4) is 0 Å². The van der Waals surface area contributed by atoms with Crippen LogP contribution >= 0.6 is 24.8 Å². The SMILES string of the molecule is CN1CCN(CC(=S)S)CC1. The smallest absolute Gasteiger partial charge is 0.0588 e. The Kier molecular flexibility index (Phi) is 3.78. The highest BCUT2D eigenvalue weighted by Gasteiger charge is 2.13. The first-order valence-electron chi connectivity index (χ1n) is 3.81. The number of rotatable bonds is 2. The molecule has 0 saturated carbocycles. The number of likely N-dealkylation sites (N-methyl/N-ethyl adjacent to an activating group) is 1. The Balaban J connectivity index is 2.22. The first-order valence-corrected chi connectivity index (χ1v) is 4.67. The quantitative estimate of drug-likeness (QED) is 0.500. The Labute approximate surface area is 79.0 Å². The Morgan fingerprint density at radius 1 is 1.36 bits per heavy atom. The van der Waals surface area contributed by atoms with Gasteiger partial charge in [0.15, 0.2) is 0 Å². The minimum atomic E-state index is 0.801. The minimum Gasteiger partial charge on any atom is -0.304 e. The molecule has 0 radical (unpaired) electrons. The van der Waals surface area contributed by atoms with Gasteiger partial charge in [-0.1, -0.05) is 12.2 Å². The van der Waals surface area contributed by atoms with Crippen LogP contribution in [-0.2, 0) is 0 Å². The summed E-state index contributed by atoms with van der Waals surface area (Å²) in [7, 11) is 2.15. The zero-order valence-corrected chi connectivity index (χ0v) is 8.50. The van der Waals surface area contributed by atoms with Crippen molar-refractivity contribution in [2.24, 2.45) is 0 Å². The first-order chi connectivity index (χ1) is 5.18. The number of thiocarbonyl (C=S) groups is 1. The van der Waals surface area contributed by atoms with Crippen molar-refractivity contribution in [2.75, 3.05) is 39.8 Å². The van der Waals surface area contributed by atoms with Gasteiger partial charge in [0.2, 0.25) is 0 Å². The molecule has 11 heavy (non-hydrogen) atoms. The van der Waals surface area contributed by atoms with Crippen molar-refractivity contribution in [1.29, 1.82) is 0 Å². The summed E-state index contributed by atoms with van der Waals surface area (Å²) in [5.74, 6) is 0. The molecule has 1 heterocycles. The first kappa shape index (κ1) is 9.45. The second-order valence-corrected chi connectivity index (χ2v) is 4.31. The van der Waals surface area contributed by atoms with Crippen LogP contribution < -0.4 is 0 Å². The van der Waals surface area contributed by atoms with Gasteiger partial charge >= 0.3 is 0 Å². The molecule has 0 aromatic carbocycles. The van der Waals surface area contributed by atoms with E-state index in [0.717, 1.165) is 36.9 Å². The summed E-state index contributed by atoms with van der Waals surface area (Å²) in [6.45, 7) is 5.41. The van der Waals surface area contributed by atoms with E-state index in [9.17, 15) is 0 Å². The Morgan fingerprint density at radius 2 is 1.91 bits per heavy atom. The molecule has 4 heteroatoms. The van der Waals surface area contributed by atoms with E-state index >= 15 is 0 Å². The van der Waals surface area contributed by atoms with E-state index in [2.05, 4.69) is 29.5 Å². The number of thiol groups is 1. The highest BCUT2D eigenvalue weighted by molar-refractivity contribution is 8.11. The predicted octanol–water partition coefficient (Wildman–Crippen LogP) is 0.491. The van der Waals surface area contributed by atoms with E-state index in [1.54, 1.807) is 0 Å². The molecule has 1 rings (SSSR count). The Morgan fingerprint density at radius 3 is 2.36 bits per heavy atom. The maximum Gasteiger partial charge on any atom is 0.0588 e. The second-order valence-electron chi connectivity index (χ2n) is 2.97. The van der Waals surface area contributed by atoms with Crippen LogP contribution in [0.25, 0.3) is 0 Å². The molecule has 0 bridgehead atoms. The van der Waals surface area contributed by atoms with Crippen LogP contribution in [0.15, 0.2) is 0 Å². The van der Waals surface area contributed by atoms with Crippen LogP contribution in [0.2, 0.25) is 0 Å². The van der Waals surface area contributed by atoms with E-state index in [1.165, 1.54) is 0 Å². The summed E-state index contributed by atoms with van der Waals surface area (Å²) < 4.78 is 0.801. The molecule has 0 aromatic rings. The van der Waals surface area contributed by atoms with Gasteiger partial charge in [0.05, 0.1) is 4.20 Å². The molecule has 64 valence electrons. The number of piperazine rings is 1. The lowest BCUT2D eigenvalue weighted by atomic mass is 10.3. The van der Waals surface area contributed by atoms with Crippen LogP contribution in [0.1, 0.15) is 0 Å². The van der Waals surface area contributed by atoms with Crippen molar-refractivity contribution in [2.45, 2.75) is 0 Å². The molecular formula is C7H14N2S2. The van der Waals surface area contributed by atoms with Gasteiger partial charge in [0, 0.05) is 32.7 Å². The average molecular weight is 190 g/mol. The van der Waals surface area contributed by atoms with Gasteiger partial charge in [-0.3, -0.25) is 4.90 Å². The number of nitrogens with zero attached hydrogens (tertiary/aromatic N) is 2. The lowest BCUT2D eigenvalue weighted by Crippen LogP contribution is -2.45. The van der Waals surface area contributed by atoms with E-state index in [-0.39, 0.29) is 0 Å². The van der Waals surface area contributed by atoms with Gasteiger partial charge in [0.25, 0.3) is 0 Å². The maximum absolute atomic E-state index is 4.91. The molecule has 0 N–H and O–H groups in total. The van der Waals surface area contributed by atoms with Crippen molar-refractivity contribution in [3.05, 3.63) is 0 Å². The molecule has 0 aromatic heterocycles. The summed E-state index contributed by atoms with van der Waals surface area (Å²) >= 11 is 9.02. The topological polar surface area (TPSA) is 6.48 Å². The summed E-state index contributed by atoms with van der Waals surface area (Å²) in [6.07, 6.45) is 0. The van der Waals surface area contributed by atoms with E-state index < -0.39 is 0 Å². The molecule has 1 fully saturated rings. The predicted molar refractivity (Wildman–Crippen MR) is 55.5 cm³/mol. The molecule has 0 atom stereocenters. The van der Waals surface area contributed by atoms with Crippen LogP contribution in [0, 0.1) is 0 Å². The van der Waals surface area contributed by atoms with Crippen molar-refractivity contribution >= 4 is 29.0 Å². The molecule has 2 nitrogen and oxygen atoms in total. The molecule has 0 amide bonds. The molecule has 0 unspecified atom stereocenters. The lowest BCUT2D eigenvalue weighted by molar-refractivity contribution is 0.171. The maximum atomic E-state index is 4.91. The zero-order chi connectivity index (χ0) is 8.27. The minimum absolute atomic E-state index is 0.801. The molecule has 1 saturated heterocycles. The van der Waals surface area contributed by atoms with Gasteiger partial charge in [-0.25, -0.2) is 0 Å². The fourth-order valence-corrected chi connectivity index (χ4v) is 1.58. The number of hydrogen-bond acceptors (Lipinski definition) is 3. The largest absolute Gasteiger partial charge is 0.304 e. The van der Waals surface area contributed by atoms with E-state index in [4.69, 9.17) is 12.2 Å². The molecular weight excluding hydrogens is 176 g/mol. The number of hydrogen-bond donors (Lipinski definition) is 1. The molecule has 1 aliphatic heterocycles. The third kappa shape index (κ3) is 3.51. The van der Waals surface area contributed by atoms with Crippen LogP contribution in [0.3, 0.4) is 0 Å². The fraction of sp³-hybridized carbons (Fsp3) is 0.857. The summed E-state index contributed by atoms with van der Waals surface area (Å²) in [5, 5.41) is 0. The van der Waals surface area contributed by atoms with E-state index in [0.29, 0.717) is 0 Å². The fourth-order valence-electron chi connectivity index (χ4n) is 1.20. The molecule has 0 spiro atoms. The third-order valence-electron chi connectivity index (χ3n) is 1.95. The van der Waals surface area contributed by atoms with Crippen molar-refractivity contribution < 1.29 is 0 Å². The Bertz CT molecular complexity index is 141. The lowest BCUT2D eigenvalue weighted by Gasteiger charge is -2.31. The van der Waals surface area contributed by atoms with Gasteiger partial charge in [-0.15, -0.1) is 12.6 Å². The standard InChI is InChI=1S/C7H14N2S2/c1-8-2-4-9(5-3-8)6-7(10)11/h2-6H2,1H3,(H,10,11). The highest BCUT2D eigenvalue weighted by atomic mass is 32.1. The van der Waals surface area contributed by atoms with Gasteiger partial charge < -0.3 is 4.90 Å². The second kappa shape index (κ2) is 4.40. The van der Waals surface area contributed by atoms with Gasteiger partial charge in [0.1, 0.15) is 0 Å². The van der Waals surface area contributed by atoms with Crippen molar-refractivity contribution in [3.63, 3.8) is 0 Å². The van der Waals surface area contributed by atoms with E-state index in [1.807, 2.05) is 0 Å². The average Bonchev–Trinajstić information content (AvgIpc) is 1.93. The van der Waals surface area contributed by atoms with Crippen LogP contribution in [0.4, 0.5) is 0 Å². The normalized spacial score (nSPS) is 22.0.